The maximum absolute atomic E-state index is 13.3. The van der Waals surface area contributed by atoms with Crippen LogP contribution in [0.25, 0.3) is 11.0 Å². The molecule has 0 aliphatic rings. The molecular weight excluding hydrogens is 400 g/mol. The molecule has 1 aromatic heterocycles. The lowest BCUT2D eigenvalue weighted by molar-refractivity contribution is 0.159. The highest BCUT2D eigenvalue weighted by Crippen LogP contribution is 2.24. The molecule has 0 unspecified atom stereocenters. The zero-order valence-corrected chi connectivity index (χ0v) is 17.3. The van der Waals surface area contributed by atoms with Crippen molar-refractivity contribution in [1.82, 2.24) is 15.0 Å². The first-order valence-electron chi connectivity index (χ1n) is 9.56. The molecule has 0 aliphatic heterocycles. The number of aryl methyl sites for hydroxylation is 1. The number of nitrogens with zero attached hydrogens (tertiary/aromatic N) is 4. The molecule has 8 heteroatoms. The lowest BCUT2D eigenvalue weighted by Crippen LogP contribution is -2.39. The highest BCUT2D eigenvalue weighted by atomic mass is 32.2. The molecule has 0 fully saturated rings. The quantitative estimate of drug-likeness (QED) is 0.495. The predicted octanol–water partition coefficient (Wildman–Crippen LogP) is 3.00. The van der Waals surface area contributed by atoms with Gasteiger partial charge >= 0.3 is 0 Å². The fraction of sp³-hybridized carbons (Fsp3) is 0.182. The Morgan fingerprint density at radius 3 is 2.37 bits per heavy atom. The van der Waals surface area contributed by atoms with Gasteiger partial charge in [0, 0.05) is 0 Å². The molecule has 1 N–H and O–H groups in total. The van der Waals surface area contributed by atoms with Crippen LogP contribution in [0.15, 0.2) is 83.8 Å². The van der Waals surface area contributed by atoms with Gasteiger partial charge in [0.2, 0.25) is 0 Å². The van der Waals surface area contributed by atoms with E-state index in [4.69, 9.17) is 0 Å². The number of rotatable bonds is 7. The zero-order chi connectivity index (χ0) is 21.1. The Morgan fingerprint density at radius 2 is 1.63 bits per heavy atom. The molecule has 0 aliphatic carbocycles. The lowest BCUT2D eigenvalue weighted by Gasteiger charge is -2.27. The topological polar surface area (TPSA) is 88.3 Å². The predicted molar refractivity (Wildman–Crippen MR) is 116 cm³/mol. The van der Waals surface area contributed by atoms with Gasteiger partial charge in [-0.15, -0.1) is 5.10 Å². The van der Waals surface area contributed by atoms with Gasteiger partial charge in [-0.3, -0.25) is 4.31 Å². The average Bonchev–Trinajstić information content (AvgIpc) is 3.16. The van der Waals surface area contributed by atoms with E-state index in [1.807, 2.05) is 43.3 Å². The summed E-state index contributed by atoms with van der Waals surface area (Å²) in [7, 11) is -3.86. The van der Waals surface area contributed by atoms with Crippen LogP contribution >= 0.6 is 0 Å². The standard InChI is InChI=1S/C22H22N4O3S/c1-17-11-13-18(14-12-17)26(30(28,29)20-7-3-2-4-8-20)16-19(27)15-25-22-10-6-5-9-21(22)23-24-25/h2-14,19,27H,15-16H2,1H3/t19-/m1/s1. The summed E-state index contributed by atoms with van der Waals surface area (Å²) >= 11 is 0. The minimum Gasteiger partial charge on any atom is -0.389 e. The van der Waals surface area contributed by atoms with E-state index in [0.717, 1.165) is 16.6 Å². The van der Waals surface area contributed by atoms with E-state index in [-0.39, 0.29) is 18.0 Å². The Labute approximate surface area is 175 Å². The molecule has 0 bridgehead atoms. The minimum atomic E-state index is -3.86. The van der Waals surface area contributed by atoms with Crippen LogP contribution in [0, 0.1) is 6.92 Å². The summed E-state index contributed by atoms with van der Waals surface area (Å²) in [6.07, 6.45) is -0.991. The molecule has 0 saturated carbocycles. The molecule has 1 atom stereocenters. The van der Waals surface area contributed by atoms with E-state index in [2.05, 4.69) is 10.3 Å². The summed E-state index contributed by atoms with van der Waals surface area (Å²) in [5.41, 5.74) is 3.01. The average molecular weight is 423 g/mol. The van der Waals surface area contributed by atoms with Crippen LogP contribution in [0.1, 0.15) is 5.56 Å². The van der Waals surface area contributed by atoms with Gasteiger partial charge < -0.3 is 5.11 Å². The summed E-state index contributed by atoms with van der Waals surface area (Å²) in [6.45, 7) is 1.94. The van der Waals surface area contributed by atoms with E-state index in [1.54, 1.807) is 47.1 Å². The maximum Gasteiger partial charge on any atom is 0.264 e. The molecule has 4 rings (SSSR count). The fourth-order valence-electron chi connectivity index (χ4n) is 3.27. The summed E-state index contributed by atoms with van der Waals surface area (Å²) in [6, 6.07) is 22.8. The molecule has 0 saturated heterocycles. The SMILES string of the molecule is Cc1ccc(N(C[C@H](O)Cn2nnc3ccccc32)S(=O)(=O)c2ccccc2)cc1. The summed E-state index contributed by atoms with van der Waals surface area (Å²) < 4.78 is 29.5. The number of hydrogen-bond acceptors (Lipinski definition) is 5. The molecule has 154 valence electrons. The van der Waals surface area contributed by atoms with Gasteiger partial charge in [0.1, 0.15) is 5.52 Å². The Kier molecular flexibility index (Phi) is 5.52. The first-order valence-corrected chi connectivity index (χ1v) is 11.0. The molecule has 0 radical (unpaired) electrons. The van der Waals surface area contributed by atoms with E-state index in [9.17, 15) is 13.5 Å². The maximum atomic E-state index is 13.3. The van der Waals surface area contributed by atoms with Gasteiger partial charge in [0.05, 0.1) is 35.3 Å². The summed E-state index contributed by atoms with van der Waals surface area (Å²) in [4.78, 5) is 0.170. The first kappa shape index (κ1) is 20.1. The van der Waals surface area contributed by atoms with Gasteiger partial charge in [-0.1, -0.05) is 53.2 Å². The van der Waals surface area contributed by atoms with Gasteiger partial charge in [-0.05, 0) is 43.3 Å². The highest BCUT2D eigenvalue weighted by Gasteiger charge is 2.27. The van der Waals surface area contributed by atoms with Crippen molar-refractivity contribution >= 4 is 26.7 Å². The van der Waals surface area contributed by atoms with Crippen molar-refractivity contribution in [2.24, 2.45) is 0 Å². The monoisotopic (exact) mass is 422 g/mol. The van der Waals surface area contributed by atoms with E-state index in [0.29, 0.717) is 5.69 Å². The van der Waals surface area contributed by atoms with Gasteiger partial charge in [0.15, 0.2) is 0 Å². The lowest BCUT2D eigenvalue weighted by atomic mass is 10.2. The summed E-state index contributed by atoms with van der Waals surface area (Å²) in [5.74, 6) is 0. The molecule has 7 nitrogen and oxygen atoms in total. The molecule has 30 heavy (non-hydrogen) atoms. The molecule has 4 aromatic rings. The second-order valence-corrected chi connectivity index (χ2v) is 8.96. The van der Waals surface area contributed by atoms with Crippen molar-refractivity contribution in [1.29, 1.82) is 0 Å². The smallest absolute Gasteiger partial charge is 0.264 e. The number of anilines is 1. The van der Waals surface area contributed by atoms with Crippen LogP contribution in [0.5, 0.6) is 0 Å². The van der Waals surface area contributed by atoms with Crippen molar-refractivity contribution in [2.75, 3.05) is 10.8 Å². The number of benzene rings is 3. The second-order valence-electron chi connectivity index (χ2n) is 7.10. The van der Waals surface area contributed by atoms with Gasteiger partial charge in [0.25, 0.3) is 10.0 Å². The van der Waals surface area contributed by atoms with Gasteiger partial charge in [-0.2, -0.15) is 0 Å². The molecular formula is C22H22N4O3S. The molecule has 0 amide bonds. The van der Waals surface area contributed by atoms with E-state index in [1.165, 1.54) is 4.31 Å². The molecule has 1 heterocycles. The van der Waals surface area contributed by atoms with Crippen LogP contribution in [-0.4, -0.2) is 41.2 Å². The Bertz CT molecular complexity index is 1240. The molecule has 0 spiro atoms. The third-order valence-corrected chi connectivity index (χ3v) is 6.64. The largest absolute Gasteiger partial charge is 0.389 e. The Balaban J connectivity index is 1.65. The van der Waals surface area contributed by atoms with Crippen molar-refractivity contribution in [3.63, 3.8) is 0 Å². The number of fused-ring (bicyclic) bond motifs is 1. The van der Waals surface area contributed by atoms with Crippen molar-refractivity contribution in [2.45, 2.75) is 24.5 Å². The van der Waals surface area contributed by atoms with Crippen LogP contribution in [0.4, 0.5) is 5.69 Å². The van der Waals surface area contributed by atoms with E-state index >= 15 is 0 Å². The minimum absolute atomic E-state index is 0.117. The Hall–Kier alpha value is -3.23. The molecule has 3 aromatic carbocycles. The van der Waals surface area contributed by atoms with Crippen LogP contribution < -0.4 is 4.31 Å². The third kappa shape index (κ3) is 4.05. The fourth-order valence-corrected chi connectivity index (χ4v) is 4.80. The Morgan fingerprint density at radius 1 is 0.967 bits per heavy atom. The van der Waals surface area contributed by atoms with Crippen molar-refractivity contribution < 1.29 is 13.5 Å². The number of sulfonamides is 1. The van der Waals surface area contributed by atoms with Crippen molar-refractivity contribution in [3.05, 3.63) is 84.4 Å². The van der Waals surface area contributed by atoms with E-state index < -0.39 is 16.1 Å². The number of aromatic nitrogens is 3. The normalized spacial score (nSPS) is 12.7. The van der Waals surface area contributed by atoms with Crippen LogP contribution in [0.2, 0.25) is 0 Å². The number of hydrogen-bond donors (Lipinski definition) is 1. The zero-order valence-electron chi connectivity index (χ0n) is 16.5. The first-order chi connectivity index (χ1) is 14.4. The van der Waals surface area contributed by atoms with Crippen LogP contribution in [0.3, 0.4) is 0 Å². The summed E-state index contributed by atoms with van der Waals surface area (Å²) in [5, 5.41) is 19.0. The number of para-hydroxylation sites is 1. The number of aliphatic hydroxyl groups excluding tert-OH is 1. The highest BCUT2D eigenvalue weighted by molar-refractivity contribution is 7.92. The third-order valence-electron chi connectivity index (χ3n) is 4.83. The van der Waals surface area contributed by atoms with Crippen molar-refractivity contribution in [3.8, 4) is 0 Å². The van der Waals surface area contributed by atoms with Crippen LogP contribution in [-0.2, 0) is 16.6 Å². The number of aliphatic hydroxyl groups is 1. The van der Waals surface area contributed by atoms with Gasteiger partial charge in [-0.25, -0.2) is 13.1 Å². The second kappa shape index (κ2) is 8.25.